The van der Waals surface area contributed by atoms with E-state index in [1.807, 2.05) is 121 Å². The fourth-order valence-corrected chi connectivity index (χ4v) is 6.92. The first-order valence-electron chi connectivity index (χ1n) is 18.7. The van der Waals surface area contributed by atoms with Crippen LogP contribution in [0.1, 0.15) is 52.8 Å². The second kappa shape index (κ2) is 19.3. The predicted octanol–water partition coefficient (Wildman–Crippen LogP) is 6.79. The number of pyridine rings is 1. The Bertz CT molecular complexity index is 1960. The molecule has 55 heavy (non-hydrogen) atoms. The summed E-state index contributed by atoms with van der Waals surface area (Å²) in [7, 11) is 3.43. The van der Waals surface area contributed by atoms with Crippen LogP contribution in [0.2, 0.25) is 0 Å². The van der Waals surface area contributed by atoms with E-state index >= 15 is 0 Å². The Balaban J connectivity index is 1.14. The van der Waals surface area contributed by atoms with Crippen molar-refractivity contribution >= 4 is 12.0 Å². The van der Waals surface area contributed by atoms with E-state index in [-0.39, 0.29) is 31.3 Å². The Morgan fingerprint density at radius 3 is 2.27 bits per heavy atom. The van der Waals surface area contributed by atoms with Crippen LogP contribution in [0.3, 0.4) is 0 Å². The summed E-state index contributed by atoms with van der Waals surface area (Å²) in [6, 6.07) is 38.2. The molecule has 0 bridgehead atoms. The summed E-state index contributed by atoms with van der Waals surface area (Å²) in [4.78, 5) is 32.3. The SMILES string of the molecule is COC(=O)C(Cc1ccccc1)NC(=O)NCc1ccccc1-c1ccc(C2OC(CN(C)CCc3ccccn3)C(C)C(c3ccc(CO)cc3)O2)cc1. The maximum atomic E-state index is 13.0. The van der Waals surface area contributed by atoms with Gasteiger partial charge in [0.05, 0.1) is 25.9 Å². The number of nitrogens with one attached hydrogen (secondary N) is 2. The number of likely N-dealkylation sites (N-methyl/N-ethyl adjacent to an activating group) is 1. The highest BCUT2D eigenvalue weighted by molar-refractivity contribution is 5.84. The highest BCUT2D eigenvalue weighted by atomic mass is 16.7. The van der Waals surface area contributed by atoms with Gasteiger partial charge < -0.3 is 34.9 Å². The molecule has 1 aromatic heterocycles. The molecule has 286 valence electrons. The number of hydrogen-bond donors (Lipinski definition) is 3. The van der Waals surface area contributed by atoms with Crippen molar-refractivity contribution in [3.8, 4) is 11.1 Å². The largest absolute Gasteiger partial charge is 0.467 e. The minimum absolute atomic E-state index is 0.0138. The first kappa shape index (κ1) is 39.3. The molecular formula is C45H50N4O6. The Kier molecular flexibility index (Phi) is 13.8. The van der Waals surface area contributed by atoms with Gasteiger partial charge in [-0.1, -0.05) is 116 Å². The smallest absolute Gasteiger partial charge is 0.328 e. The standard InChI is InChI=1S/C45H50N4O6/c1-31-41(29-49(2)26-24-38-14-9-10-25-46-38)54-44(55-42(31)35-18-16-33(30-50)17-19-35)36-22-20-34(21-23-36)39-15-8-7-13-37(39)28-47-45(52)48-40(43(51)53-3)27-32-11-5-4-6-12-32/h4-23,25,31,40-42,44,50H,24,26-30H2,1-3H3,(H2,47,48,52). The van der Waals surface area contributed by atoms with Crippen molar-refractivity contribution in [2.75, 3.05) is 27.2 Å². The average molecular weight is 743 g/mol. The number of urea groups is 1. The van der Waals surface area contributed by atoms with Crippen LogP contribution in [-0.2, 0) is 45.0 Å². The third kappa shape index (κ3) is 10.6. The van der Waals surface area contributed by atoms with E-state index in [9.17, 15) is 14.7 Å². The summed E-state index contributed by atoms with van der Waals surface area (Å²) in [6.07, 6.45) is 2.06. The minimum atomic E-state index is -0.825. The van der Waals surface area contributed by atoms with E-state index in [0.717, 1.165) is 64.1 Å². The first-order chi connectivity index (χ1) is 26.8. The molecule has 0 saturated carbocycles. The van der Waals surface area contributed by atoms with Crippen LogP contribution in [0, 0.1) is 5.92 Å². The highest BCUT2D eigenvalue weighted by Crippen LogP contribution is 2.42. The summed E-state index contributed by atoms with van der Waals surface area (Å²) in [5, 5.41) is 15.3. The molecule has 0 radical (unpaired) electrons. The van der Waals surface area contributed by atoms with Gasteiger partial charge in [-0.05, 0) is 52.6 Å². The molecule has 1 aliphatic heterocycles. The van der Waals surface area contributed by atoms with Crippen LogP contribution < -0.4 is 10.6 Å². The van der Waals surface area contributed by atoms with Gasteiger partial charge in [-0.25, -0.2) is 9.59 Å². The summed E-state index contributed by atoms with van der Waals surface area (Å²) in [5.41, 5.74) is 7.63. The predicted molar refractivity (Wildman–Crippen MR) is 212 cm³/mol. The van der Waals surface area contributed by atoms with Gasteiger partial charge in [0.25, 0.3) is 0 Å². The third-order valence-corrected chi connectivity index (χ3v) is 10.1. The van der Waals surface area contributed by atoms with Gasteiger partial charge in [-0.3, -0.25) is 4.98 Å². The summed E-state index contributed by atoms with van der Waals surface area (Å²) in [6.45, 7) is 3.97. The van der Waals surface area contributed by atoms with Gasteiger partial charge in [-0.15, -0.1) is 0 Å². The van der Waals surface area contributed by atoms with Gasteiger partial charge >= 0.3 is 12.0 Å². The number of amides is 2. The lowest BCUT2D eigenvalue weighted by atomic mass is 9.90. The van der Waals surface area contributed by atoms with E-state index in [1.165, 1.54) is 7.11 Å². The number of carbonyl (C=O) groups excluding carboxylic acids is 2. The first-order valence-corrected chi connectivity index (χ1v) is 18.7. The maximum Gasteiger partial charge on any atom is 0.328 e. The zero-order valence-corrected chi connectivity index (χ0v) is 31.6. The number of aliphatic hydroxyl groups excluding tert-OH is 1. The molecule has 0 spiro atoms. The zero-order chi connectivity index (χ0) is 38.6. The molecule has 5 atom stereocenters. The highest BCUT2D eigenvalue weighted by Gasteiger charge is 2.38. The molecule has 3 N–H and O–H groups in total. The Hall–Kier alpha value is -5.39. The number of esters is 1. The number of benzene rings is 4. The molecule has 10 nitrogen and oxygen atoms in total. The molecule has 1 aliphatic rings. The molecule has 1 fully saturated rings. The molecule has 10 heteroatoms. The van der Waals surface area contributed by atoms with Gasteiger partial charge in [0.2, 0.25) is 0 Å². The van der Waals surface area contributed by atoms with Crippen LogP contribution in [-0.4, -0.2) is 66.4 Å². The topological polar surface area (TPSA) is 122 Å². The quantitative estimate of drug-likeness (QED) is 0.100. The van der Waals surface area contributed by atoms with Crippen LogP contribution >= 0.6 is 0 Å². The number of methoxy groups -OCH3 is 1. The Morgan fingerprint density at radius 2 is 1.56 bits per heavy atom. The van der Waals surface area contributed by atoms with Crippen molar-refractivity contribution < 1.29 is 28.9 Å². The number of ether oxygens (including phenoxy) is 3. The van der Waals surface area contributed by atoms with Crippen LogP contribution in [0.5, 0.6) is 0 Å². The molecule has 0 aliphatic carbocycles. The molecular weight excluding hydrogens is 693 g/mol. The number of nitrogens with zero attached hydrogens (tertiary/aromatic N) is 2. The van der Waals surface area contributed by atoms with Crippen molar-refractivity contribution in [2.24, 2.45) is 5.92 Å². The van der Waals surface area contributed by atoms with Gasteiger partial charge in [0, 0.05) is 55.8 Å². The number of hydrogen-bond acceptors (Lipinski definition) is 8. The Labute approximate surface area is 323 Å². The van der Waals surface area contributed by atoms with Gasteiger partial charge in [0.15, 0.2) is 6.29 Å². The lowest BCUT2D eigenvalue weighted by Crippen LogP contribution is -2.47. The number of carbonyl (C=O) groups is 2. The maximum absolute atomic E-state index is 13.0. The third-order valence-electron chi connectivity index (χ3n) is 10.1. The Morgan fingerprint density at radius 1 is 0.855 bits per heavy atom. The van der Waals surface area contributed by atoms with Crippen molar-refractivity contribution in [1.29, 1.82) is 0 Å². The van der Waals surface area contributed by atoms with Gasteiger partial charge in [-0.2, -0.15) is 0 Å². The normalized spacial score (nSPS) is 18.7. The monoisotopic (exact) mass is 742 g/mol. The van der Waals surface area contributed by atoms with Crippen molar-refractivity contribution in [3.63, 3.8) is 0 Å². The van der Waals surface area contributed by atoms with Crippen LogP contribution in [0.15, 0.2) is 128 Å². The molecule has 5 unspecified atom stereocenters. The minimum Gasteiger partial charge on any atom is -0.467 e. The number of rotatable bonds is 15. The second-order valence-corrected chi connectivity index (χ2v) is 14.0. The number of aromatic nitrogens is 1. The zero-order valence-electron chi connectivity index (χ0n) is 31.6. The molecule has 5 aromatic rings. The molecule has 2 amide bonds. The fraction of sp³-hybridized carbons (Fsp3) is 0.311. The lowest BCUT2D eigenvalue weighted by molar-refractivity contribution is -0.275. The summed E-state index contributed by atoms with van der Waals surface area (Å²) in [5.74, 6) is -0.449. The van der Waals surface area contributed by atoms with Gasteiger partial charge in [0.1, 0.15) is 6.04 Å². The molecule has 4 aromatic carbocycles. The van der Waals surface area contributed by atoms with Crippen molar-refractivity contribution in [1.82, 2.24) is 20.5 Å². The van der Waals surface area contributed by atoms with Crippen LogP contribution in [0.4, 0.5) is 4.79 Å². The van der Waals surface area contributed by atoms with E-state index < -0.39 is 24.3 Å². The van der Waals surface area contributed by atoms with E-state index in [1.54, 1.807) is 0 Å². The molecule has 1 saturated heterocycles. The van der Waals surface area contributed by atoms with Crippen LogP contribution in [0.25, 0.3) is 11.1 Å². The molecule has 2 heterocycles. The second-order valence-electron chi connectivity index (χ2n) is 14.0. The van der Waals surface area contributed by atoms with E-state index in [0.29, 0.717) is 6.42 Å². The summed E-state index contributed by atoms with van der Waals surface area (Å²) < 4.78 is 18.4. The van der Waals surface area contributed by atoms with E-state index in [2.05, 4.69) is 40.6 Å². The number of aliphatic hydroxyl groups is 1. The average Bonchev–Trinajstić information content (AvgIpc) is 3.23. The van der Waals surface area contributed by atoms with Crippen molar-refractivity contribution in [3.05, 3.63) is 161 Å². The molecule has 6 rings (SSSR count). The van der Waals surface area contributed by atoms with E-state index in [4.69, 9.17) is 14.2 Å². The lowest BCUT2D eigenvalue weighted by Gasteiger charge is -2.42. The summed E-state index contributed by atoms with van der Waals surface area (Å²) >= 11 is 0. The fourth-order valence-electron chi connectivity index (χ4n) is 6.92. The van der Waals surface area contributed by atoms with Crippen molar-refractivity contribution in [2.45, 2.75) is 57.5 Å².